The molecule has 0 saturated heterocycles. The van der Waals surface area contributed by atoms with Crippen molar-refractivity contribution in [2.75, 3.05) is 11.9 Å². The molecule has 1 amide bonds. The van der Waals surface area contributed by atoms with Gasteiger partial charge >= 0.3 is 0 Å². The number of anilines is 1. The first kappa shape index (κ1) is 14.4. The van der Waals surface area contributed by atoms with E-state index in [0.717, 1.165) is 0 Å². The van der Waals surface area contributed by atoms with Gasteiger partial charge in [-0.2, -0.15) is 0 Å². The first-order chi connectivity index (χ1) is 8.49. The summed E-state index contributed by atoms with van der Waals surface area (Å²) in [5, 5.41) is 2.72. The second kappa shape index (κ2) is 6.96. The molecule has 1 aromatic heterocycles. The average molecular weight is 252 g/mol. The van der Waals surface area contributed by atoms with Gasteiger partial charge in [0.15, 0.2) is 0 Å². The van der Waals surface area contributed by atoms with Crippen molar-refractivity contribution in [2.45, 2.75) is 39.9 Å². The Bertz CT molecular complexity index is 392. The molecule has 0 aliphatic rings. The summed E-state index contributed by atoms with van der Waals surface area (Å²) in [7, 11) is 0. The van der Waals surface area contributed by atoms with E-state index in [4.69, 9.17) is 9.47 Å². The lowest BCUT2D eigenvalue weighted by atomic mass is 10.4. The maximum absolute atomic E-state index is 11.6. The van der Waals surface area contributed by atoms with Gasteiger partial charge < -0.3 is 14.8 Å². The number of hydrogen-bond donors (Lipinski definition) is 1. The topological polar surface area (TPSA) is 60.5 Å². The van der Waals surface area contributed by atoms with Gasteiger partial charge in [0.2, 0.25) is 5.88 Å². The number of aromatic nitrogens is 1. The highest BCUT2D eigenvalue weighted by Gasteiger charge is 2.10. The zero-order valence-electron chi connectivity index (χ0n) is 11.3. The lowest BCUT2D eigenvalue weighted by molar-refractivity contribution is -0.121. The molecule has 0 bridgehead atoms. The Labute approximate surface area is 108 Å². The molecule has 1 aromatic rings. The lowest BCUT2D eigenvalue weighted by Crippen LogP contribution is -2.21. The van der Waals surface area contributed by atoms with Gasteiger partial charge in [0.25, 0.3) is 5.91 Å². The minimum atomic E-state index is -0.217. The minimum Gasteiger partial charge on any atom is -0.473 e. The summed E-state index contributed by atoms with van der Waals surface area (Å²) in [4.78, 5) is 15.7. The SMILES string of the molecule is CC(C)OCC(=O)Nc1cccnc1OC(C)C. The van der Waals surface area contributed by atoms with Crippen LogP contribution in [0.25, 0.3) is 0 Å². The predicted molar refractivity (Wildman–Crippen MR) is 69.7 cm³/mol. The molecule has 0 unspecified atom stereocenters. The molecular formula is C13H20N2O3. The van der Waals surface area contributed by atoms with E-state index in [1.165, 1.54) is 0 Å². The Kier molecular flexibility index (Phi) is 5.58. The summed E-state index contributed by atoms with van der Waals surface area (Å²) >= 11 is 0. The van der Waals surface area contributed by atoms with Crippen LogP contribution in [0.2, 0.25) is 0 Å². The average Bonchev–Trinajstić information content (AvgIpc) is 2.28. The number of pyridine rings is 1. The number of carbonyl (C=O) groups is 1. The van der Waals surface area contributed by atoms with Crippen LogP contribution in [0.5, 0.6) is 5.88 Å². The van der Waals surface area contributed by atoms with Crippen molar-refractivity contribution >= 4 is 11.6 Å². The van der Waals surface area contributed by atoms with E-state index in [1.54, 1.807) is 18.3 Å². The number of nitrogens with one attached hydrogen (secondary N) is 1. The quantitative estimate of drug-likeness (QED) is 0.843. The number of rotatable bonds is 6. The largest absolute Gasteiger partial charge is 0.473 e. The molecule has 0 atom stereocenters. The van der Waals surface area contributed by atoms with E-state index >= 15 is 0 Å². The van der Waals surface area contributed by atoms with Crippen molar-refractivity contribution < 1.29 is 14.3 Å². The van der Waals surface area contributed by atoms with Crippen LogP contribution in [-0.2, 0) is 9.53 Å². The van der Waals surface area contributed by atoms with Gasteiger partial charge in [-0.3, -0.25) is 4.79 Å². The summed E-state index contributed by atoms with van der Waals surface area (Å²) in [5.41, 5.74) is 0.559. The zero-order chi connectivity index (χ0) is 13.5. The molecule has 5 heteroatoms. The Hall–Kier alpha value is -1.62. The molecule has 1 heterocycles. The van der Waals surface area contributed by atoms with Crippen molar-refractivity contribution in [3.63, 3.8) is 0 Å². The molecule has 0 spiro atoms. The number of amides is 1. The number of carbonyl (C=O) groups excluding carboxylic acids is 1. The fourth-order valence-corrected chi connectivity index (χ4v) is 1.23. The highest BCUT2D eigenvalue weighted by atomic mass is 16.5. The number of nitrogens with zero attached hydrogens (tertiary/aromatic N) is 1. The van der Waals surface area contributed by atoms with Crippen molar-refractivity contribution in [1.29, 1.82) is 0 Å². The Balaban J connectivity index is 2.63. The molecule has 18 heavy (non-hydrogen) atoms. The van der Waals surface area contributed by atoms with Gasteiger partial charge in [-0.15, -0.1) is 0 Å². The normalized spacial score (nSPS) is 10.8. The summed E-state index contributed by atoms with van der Waals surface area (Å²) in [6.07, 6.45) is 1.65. The smallest absolute Gasteiger partial charge is 0.250 e. The lowest BCUT2D eigenvalue weighted by Gasteiger charge is -2.13. The van der Waals surface area contributed by atoms with Crippen LogP contribution in [0, 0.1) is 0 Å². The van der Waals surface area contributed by atoms with E-state index < -0.39 is 0 Å². The van der Waals surface area contributed by atoms with Crippen LogP contribution in [-0.4, -0.2) is 29.7 Å². The summed E-state index contributed by atoms with van der Waals surface area (Å²) in [5.74, 6) is 0.204. The second-order valence-corrected chi connectivity index (χ2v) is 4.43. The summed E-state index contributed by atoms with van der Waals surface area (Å²) in [6, 6.07) is 3.49. The maximum Gasteiger partial charge on any atom is 0.250 e. The van der Waals surface area contributed by atoms with Gasteiger partial charge in [-0.25, -0.2) is 4.98 Å². The van der Waals surface area contributed by atoms with E-state index in [2.05, 4.69) is 10.3 Å². The Morgan fingerprint density at radius 1 is 1.33 bits per heavy atom. The van der Waals surface area contributed by atoms with Crippen LogP contribution in [0.15, 0.2) is 18.3 Å². The monoisotopic (exact) mass is 252 g/mol. The van der Waals surface area contributed by atoms with Crippen molar-refractivity contribution in [3.05, 3.63) is 18.3 Å². The van der Waals surface area contributed by atoms with Gasteiger partial charge in [0, 0.05) is 6.20 Å². The molecule has 1 N–H and O–H groups in total. The summed E-state index contributed by atoms with van der Waals surface area (Å²) < 4.78 is 10.7. The van der Waals surface area contributed by atoms with Gasteiger partial charge in [-0.1, -0.05) is 0 Å². The predicted octanol–water partition coefficient (Wildman–Crippen LogP) is 2.23. The first-order valence-electron chi connectivity index (χ1n) is 6.02. The standard InChI is InChI=1S/C13H20N2O3/c1-9(2)17-8-12(16)15-11-6-5-7-14-13(11)18-10(3)4/h5-7,9-10H,8H2,1-4H3,(H,15,16). The van der Waals surface area contributed by atoms with E-state index in [1.807, 2.05) is 27.7 Å². The van der Waals surface area contributed by atoms with Crippen molar-refractivity contribution in [1.82, 2.24) is 4.98 Å². The molecule has 0 saturated carbocycles. The third kappa shape index (κ3) is 5.14. The first-order valence-corrected chi connectivity index (χ1v) is 6.02. The van der Waals surface area contributed by atoms with Crippen LogP contribution < -0.4 is 10.1 Å². The molecular weight excluding hydrogens is 232 g/mol. The summed E-state index contributed by atoms with van der Waals surface area (Å²) in [6.45, 7) is 7.59. The van der Waals surface area contributed by atoms with Crippen LogP contribution in [0.4, 0.5) is 5.69 Å². The van der Waals surface area contributed by atoms with E-state index in [-0.39, 0.29) is 24.7 Å². The number of ether oxygens (including phenoxy) is 2. The minimum absolute atomic E-state index is 0.00228. The molecule has 100 valence electrons. The van der Waals surface area contributed by atoms with Gasteiger partial charge in [0.05, 0.1) is 12.2 Å². The third-order valence-corrected chi connectivity index (χ3v) is 1.94. The van der Waals surface area contributed by atoms with E-state index in [0.29, 0.717) is 11.6 Å². The fourth-order valence-electron chi connectivity index (χ4n) is 1.23. The van der Waals surface area contributed by atoms with Gasteiger partial charge in [0.1, 0.15) is 12.3 Å². The molecule has 0 fully saturated rings. The number of hydrogen-bond acceptors (Lipinski definition) is 4. The zero-order valence-corrected chi connectivity index (χ0v) is 11.3. The third-order valence-electron chi connectivity index (χ3n) is 1.94. The molecule has 0 aliphatic carbocycles. The highest BCUT2D eigenvalue weighted by molar-refractivity contribution is 5.92. The van der Waals surface area contributed by atoms with Crippen molar-refractivity contribution in [2.24, 2.45) is 0 Å². The van der Waals surface area contributed by atoms with Crippen LogP contribution in [0.3, 0.4) is 0 Å². The molecule has 5 nitrogen and oxygen atoms in total. The van der Waals surface area contributed by atoms with Gasteiger partial charge in [-0.05, 0) is 39.8 Å². The Morgan fingerprint density at radius 2 is 2.06 bits per heavy atom. The second-order valence-electron chi connectivity index (χ2n) is 4.43. The van der Waals surface area contributed by atoms with Crippen LogP contribution in [0.1, 0.15) is 27.7 Å². The molecule has 0 radical (unpaired) electrons. The van der Waals surface area contributed by atoms with E-state index in [9.17, 15) is 4.79 Å². The fraction of sp³-hybridized carbons (Fsp3) is 0.538. The van der Waals surface area contributed by atoms with Crippen molar-refractivity contribution in [3.8, 4) is 5.88 Å². The highest BCUT2D eigenvalue weighted by Crippen LogP contribution is 2.21. The Morgan fingerprint density at radius 3 is 2.67 bits per heavy atom. The molecule has 1 rings (SSSR count). The maximum atomic E-state index is 11.6. The van der Waals surface area contributed by atoms with Crippen LogP contribution >= 0.6 is 0 Å². The molecule has 0 aromatic carbocycles. The molecule has 0 aliphatic heterocycles.